The molecule has 7 nitrogen and oxygen atoms in total. The molecule has 1 amide bonds. The maximum absolute atomic E-state index is 12.1. The molecule has 0 aromatic heterocycles. The van der Waals surface area contributed by atoms with Crippen molar-refractivity contribution >= 4 is 17.7 Å². The SMILES string of the molecule is CCC=C(C)C(O)C(C)C(=O)NCC(=O)C(C)C(O)C(C)C(=O)OC. The molecular formula is C18H31NO6. The van der Waals surface area contributed by atoms with Gasteiger partial charge in [0.2, 0.25) is 5.91 Å². The first-order chi connectivity index (χ1) is 11.6. The second-order valence-corrected chi connectivity index (χ2v) is 6.37. The fourth-order valence-corrected chi connectivity index (χ4v) is 2.43. The number of hydrogen-bond donors (Lipinski definition) is 3. The maximum atomic E-state index is 12.1. The van der Waals surface area contributed by atoms with Gasteiger partial charge >= 0.3 is 5.97 Å². The number of rotatable bonds is 10. The van der Waals surface area contributed by atoms with E-state index in [1.807, 2.05) is 13.0 Å². The number of allylic oxidation sites excluding steroid dienone is 1. The van der Waals surface area contributed by atoms with Gasteiger partial charge in [0.1, 0.15) is 0 Å². The molecule has 0 aromatic rings. The number of amides is 1. The molecule has 0 fully saturated rings. The van der Waals surface area contributed by atoms with Crippen LogP contribution in [-0.4, -0.2) is 53.7 Å². The highest BCUT2D eigenvalue weighted by Gasteiger charge is 2.32. The van der Waals surface area contributed by atoms with Crippen LogP contribution in [0.3, 0.4) is 0 Å². The van der Waals surface area contributed by atoms with E-state index < -0.39 is 47.6 Å². The molecule has 0 radical (unpaired) electrons. The lowest BCUT2D eigenvalue weighted by atomic mass is 9.90. The maximum Gasteiger partial charge on any atom is 0.311 e. The minimum atomic E-state index is -1.20. The van der Waals surface area contributed by atoms with Crippen LogP contribution >= 0.6 is 0 Å². The normalized spacial score (nSPS) is 17.8. The molecule has 0 saturated heterocycles. The van der Waals surface area contributed by atoms with Crippen molar-refractivity contribution in [3.05, 3.63) is 11.6 Å². The van der Waals surface area contributed by atoms with E-state index in [2.05, 4.69) is 10.1 Å². The molecule has 0 rings (SSSR count). The highest BCUT2D eigenvalue weighted by Crippen LogP contribution is 2.16. The largest absolute Gasteiger partial charge is 0.469 e. The number of carbonyl (C=O) groups excluding carboxylic acids is 3. The van der Waals surface area contributed by atoms with E-state index in [0.717, 1.165) is 6.42 Å². The number of ether oxygens (including phenoxy) is 1. The van der Waals surface area contributed by atoms with Gasteiger partial charge in [-0.3, -0.25) is 14.4 Å². The molecular weight excluding hydrogens is 326 g/mol. The van der Waals surface area contributed by atoms with E-state index in [1.165, 1.54) is 21.0 Å². The molecule has 0 aromatic carbocycles. The highest BCUT2D eigenvalue weighted by atomic mass is 16.5. The lowest BCUT2D eigenvalue weighted by molar-refractivity contribution is -0.150. The number of Topliss-reactive ketones (excluding diaryl/α,β-unsaturated/α-hetero) is 1. The fraction of sp³-hybridized carbons (Fsp3) is 0.722. The van der Waals surface area contributed by atoms with Gasteiger partial charge in [0.15, 0.2) is 5.78 Å². The number of carbonyl (C=O) groups is 3. The third-order valence-corrected chi connectivity index (χ3v) is 4.42. The van der Waals surface area contributed by atoms with E-state index in [1.54, 1.807) is 13.8 Å². The first-order valence-corrected chi connectivity index (χ1v) is 8.49. The molecule has 3 N–H and O–H groups in total. The number of esters is 1. The number of ketones is 1. The molecule has 0 bridgehead atoms. The van der Waals surface area contributed by atoms with Gasteiger partial charge in [-0.2, -0.15) is 0 Å². The summed E-state index contributed by atoms with van der Waals surface area (Å²) in [7, 11) is 1.21. The van der Waals surface area contributed by atoms with Crippen molar-refractivity contribution in [1.82, 2.24) is 5.32 Å². The number of hydrogen-bond acceptors (Lipinski definition) is 6. The third-order valence-electron chi connectivity index (χ3n) is 4.42. The second-order valence-electron chi connectivity index (χ2n) is 6.37. The Morgan fingerprint density at radius 3 is 2.12 bits per heavy atom. The molecule has 0 saturated carbocycles. The van der Waals surface area contributed by atoms with Crippen LogP contribution in [0.2, 0.25) is 0 Å². The van der Waals surface area contributed by atoms with Gasteiger partial charge in [0.25, 0.3) is 0 Å². The number of methoxy groups -OCH3 is 1. The Kier molecular flexibility index (Phi) is 10.2. The predicted molar refractivity (Wildman–Crippen MR) is 93.6 cm³/mol. The Bertz CT molecular complexity index is 502. The number of aliphatic hydroxyl groups excluding tert-OH is 2. The lowest BCUT2D eigenvalue weighted by Crippen LogP contribution is -2.43. The molecule has 5 atom stereocenters. The van der Waals surface area contributed by atoms with Crippen LogP contribution in [0.25, 0.3) is 0 Å². The monoisotopic (exact) mass is 357 g/mol. The van der Waals surface area contributed by atoms with Crippen LogP contribution in [0.4, 0.5) is 0 Å². The molecule has 25 heavy (non-hydrogen) atoms. The highest BCUT2D eigenvalue weighted by molar-refractivity contribution is 5.89. The van der Waals surface area contributed by atoms with E-state index in [4.69, 9.17) is 0 Å². The standard InChI is InChI=1S/C18H31NO6/c1-7-8-10(2)15(21)12(4)17(23)19-9-14(20)11(3)16(22)13(5)18(24)25-6/h8,11-13,15-16,21-22H,7,9H2,1-6H3,(H,19,23). The van der Waals surface area contributed by atoms with Crippen molar-refractivity contribution in [3.63, 3.8) is 0 Å². The van der Waals surface area contributed by atoms with Gasteiger partial charge in [0, 0.05) is 5.92 Å². The summed E-state index contributed by atoms with van der Waals surface area (Å²) in [6.07, 6.45) is 0.474. The van der Waals surface area contributed by atoms with Crippen LogP contribution in [0, 0.1) is 17.8 Å². The average Bonchev–Trinajstić information content (AvgIpc) is 2.61. The summed E-state index contributed by atoms with van der Waals surface area (Å²) in [6.45, 7) is 7.94. The predicted octanol–water partition coefficient (Wildman–Crippen LogP) is 0.831. The lowest BCUT2D eigenvalue weighted by Gasteiger charge is -2.23. The Balaban J connectivity index is 4.65. The van der Waals surface area contributed by atoms with Crippen LogP contribution < -0.4 is 5.32 Å². The van der Waals surface area contributed by atoms with Crippen molar-refractivity contribution in [1.29, 1.82) is 0 Å². The van der Waals surface area contributed by atoms with Gasteiger partial charge in [-0.15, -0.1) is 0 Å². The topological polar surface area (TPSA) is 113 Å². The van der Waals surface area contributed by atoms with Gasteiger partial charge in [-0.05, 0) is 25.8 Å². The summed E-state index contributed by atoms with van der Waals surface area (Å²) < 4.78 is 4.55. The minimum absolute atomic E-state index is 0.279. The van der Waals surface area contributed by atoms with Gasteiger partial charge in [-0.25, -0.2) is 0 Å². The minimum Gasteiger partial charge on any atom is -0.469 e. The summed E-state index contributed by atoms with van der Waals surface area (Å²) in [5.41, 5.74) is 0.701. The molecule has 0 spiro atoms. The number of nitrogens with one attached hydrogen (secondary N) is 1. The van der Waals surface area contributed by atoms with Crippen LogP contribution in [0.15, 0.2) is 11.6 Å². The van der Waals surface area contributed by atoms with Gasteiger partial charge in [-0.1, -0.05) is 26.8 Å². The molecule has 0 heterocycles. The summed E-state index contributed by atoms with van der Waals surface area (Å²) in [5.74, 6) is -3.85. The Labute approximate surface area is 149 Å². The van der Waals surface area contributed by atoms with Crippen molar-refractivity contribution in [3.8, 4) is 0 Å². The summed E-state index contributed by atoms with van der Waals surface area (Å²) >= 11 is 0. The van der Waals surface area contributed by atoms with Crippen molar-refractivity contribution in [2.75, 3.05) is 13.7 Å². The number of aliphatic hydroxyl groups is 2. The Morgan fingerprint density at radius 1 is 1.08 bits per heavy atom. The zero-order valence-corrected chi connectivity index (χ0v) is 15.9. The summed E-state index contributed by atoms with van der Waals surface area (Å²) in [6, 6.07) is 0. The van der Waals surface area contributed by atoms with E-state index in [-0.39, 0.29) is 6.54 Å². The zero-order chi connectivity index (χ0) is 19.7. The zero-order valence-electron chi connectivity index (χ0n) is 15.9. The van der Waals surface area contributed by atoms with Gasteiger partial charge < -0.3 is 20.3 Å². The third kappa shape index (κ3) is 6.96. The first kappa shape index (κ1) is 23.3. The first-order valence-electron chi connectivity index (χ1n) is 8.49. The van der Waals surface area contributed by atoms with Crippen LogP contribution in [0.1, 0.15) is 41.0 Å². The van der Waals surface area contributed by atoms with Crippen LogP contribution in [0.5, 0.6) is 0 Å². The smallest absolute Gasteiger partial charge is 0.311 e. The molecule has 0 aliphatic heterocycles. The molecule has 0 aliphatic rings. The fourth-order valence-electron chi connectivity index (χ4n) is 2.43. The Hall–Kier alpha value is -1.73. The molecule has 7 heteroatoms. The quantitative estimate of drug-likeness (QED) is 0.394. The van der Waals surface area contributed by atoms with E-state index in [0.29, 0.717) is 5.57 Å². The molecule has 0 aliphatic carbocycles. The average molecular weight is 357 g/mol. The van der Waals surface area contributed by atoms with Crippen molar-refractivity contribution < 1.29 is 29.3 Å². The van der Waals surface area contributed by atoms with E-state index in [9.17, 15) is 24.6 Å². The molecule has 144 valence electrons. The van der Waals surface area contributed by atoms with Gasteiger partial charge in [0.05, 0.1) is 37.7 Å². The van der Waals surface area contributed by atoms with Crippen molar-refractivity contribution in [2.24, 2.45) is 17.8 Å². The Morgan fingerprint density at radius 2 is 1.64 bits per heavy atom. The van der Waals surface area contributed by atoms with Crippen molar-refractivity contribution in [2.45, 2.75) is 53.2 Å². The van der Waals surface area contributed by atoms with E-state index >= 15 is 0 Å². The second kappa shape index (κ2) is 11.0. The summed E-state index contributed by atoms with van der Waals surface area (Å²) in [5, 5.41) is 22.7. The van der Waals surface area contributed by atoms with Crippen LogP contribution in [-0.2, 0) is 19.1 Å². The summed E-state index contributed by atoms with van der Waals surface area (Å²) in [4.78, 5) is 35.7. The molecule has 5 unspecified atom stereocenters.